The Morgan fingerprint density at radius 2 is 1.96 bits per heavy atom. The van der Waals surface area contributed by atoms with Gasteiger partial charge in [0.2, 0.25) is 0 Å². The number of hydrogen-bond acceptors (Lipinski definition) is 4. The highest BCUT2D eigenvalue weighted by atomic mass is 35.5. The maximum atomic E-state index is 12.3. The number of urea groups is 1. The van der Waals surface area contributed by atoms with E-state index in [4.69, 9.17) is 21.1 Å². The predicted octanol–water partition coefficient (Wildman–Crippen LogP) is 4.00. The topological polar surface area (TPSA) is 76.7 Å². The quantitative estimate of drug-likeness (QED) is 0.768. The fraction of sp³-hybridized carbons (Fsp3) is 0.238. The molecule has 2 N–H and O–H groups in total. The number of Topliss-reactive ketones (excluding diaryl/α,β-unsaturated/α-hetero) is 1. The molecule has 2 amide bonds. The second-order valence-electron chi connectivity index (χ2n) is 6.49. The molecule has 3 rings (SSSR count). The largest absolute Gasteiger partial charge is 0.493 e. The van der Waals surface area contributed by atoms with Crippen molar-refractivity contribution in [2.24, 2.45) is 5.92 Å². The second kappa shape index (κ2) is 8.35. The van der Waals surface area contributed by atoms with Crippen molar-refractivity contribution < 1.29 is 19.1 Å². The summed E-state index contributed by atoms with van der Waals surface area (Å²) < 4.78 is 11.5. The number of rotatable bonds is 6. The Kier molecular flexibility index (Phi) is 5.90. The van der Waals surface area contributed by atoms with Gasteiger partial charge < -0.3 is 20.1 Å². The normalized spacial score (nSPS) is 18.8. The Bertz CT molecular complexity index is 914. The first-order chi connectivity index (χ1) is 13.4. The van der Waals surface area contributed by atoms with Crippen LogP contribution in [0.5, 0.6) is 11.5 Å². The molecule has 146 valence electrons. The van der Waals surface area contributed by atoms with Crippen molar-refractivity contribution >= 4 is 23.4 Å². The Morgan fingerprint density at radius 1 is 1.25 bits per heavy atom. The standard InChI is InChI=1S/C21H21ClN2O4/c1-12-18(13(2)25)19(24-21(26)23-12)16-9-15(22)10-17(27-3)20(16)28-11-14-7-5-4-6-8-14/h4-10,18-19H,1,11H2,2-3H3,(H2,23,24,26)/t18-,19+/m1/s1. The van der Waals surface area contributed by atoms with Crippen LogP contribution in [0.2, 0.25) is 5.02 Å². The smallest absolute Gasteiger partial charge is 0.319 e. The van der Waals surface area contributed by atoms with Gasteiger partial charge in [0.05, 0.1) is 19.1 Å². The third-order valence-electron chi connectivity index (χ3n) is 4.54. The number of ether oxygens (including phenoxy) is 2. The van der Waals surface area contributed by atoms with Gasteiger partial charge in [0.25, 0.3) is 0 Å². The Hall–Kier alpha value is -2.99. The highest BCUT2D eigenvalue weighted by Crippen LogP contribution is 2.42. The van der Waals surface area contributed by atoms with Crippen LogP contribution in [0.25, 0.3) is 0 Å². The molecule has 0 aliphatic carbocycles. The Labute approximate surface area is 168 Å². The van der Waals surface area contributed by atoms with Gasteiger partial charge in [0, 0.05) is 22.3 Å². The molecule has 1 aliphatic rings. The summed E-state index contributed by atoms with van der Waals surface area (Å²) in [7, 11) is 1.51. The van der Waals surface area contributed by atoms with Gasteiger partial charge in [-0.3, -0.25) is 4.79 Å². The number of carbonyl (C=O) groups is 2. The molecule has 1 saturated heterocycles. The van der Waals surface area contributed by atoms with Crippen LogP contribution in [0, 0.1) is 5.92 Å². The average molecular weight is 401 g/mol. The van der Waals surface area contributed by atoms with Gasteiger partial charge in [-0.1, -0.05) is 48.5 Å². The number of hydrogen-bond donors (Lipinski definition) is 2. The summed E-state index contributed by atoms with van der Waals surface area (Å²) in [5.41, 5.74) is 1.85. The van der Waals surface area contributed by atoms with E-state index >= 15 is 0 Å². The molecule has 0 spiro atoms. The molecule has 0 aromatic heterocycles. The van der Waals surface area contributed by atoms with Crippen molar-refractivity contribution in [1.29, 1.82) is 0 Å². The highest BCUT2D eigenvalue weighted by Gasteiger charge is 2.38. The lowest BCUT2D eigenvalue weighted by Crippen LogP contribution is -2.50. The molecule has 0 saturated carbocycles. The number of amides is 2. The van der Waals surface area contributed by atoms with Crippen molar-refractivity contribution in [2.45, 2.75) is 19.6 Å². The van der Waals surface area contributed by atoms with E-state index in [0.717, 1.165) is 5.56 Å². The molecule has 0 bridgehead atoms. The van der Waals surface area contributed by atoms with Gasteiger partial charge >= 0.3 is 6.03 Å². The predicted molar refractivity (Wildman–Crippen MR) is 106 cm³/mol. The monoisotopic (exact) mass is 400 g/mol. The summed E-state index contributed by atoms with van der Waals surface area (Å²) in [5.74, 6) is 0.0246. The van der Waals surface area contributed by atoms with Crippen LogP contribution < -0.4 is 20.1 Å². The minimum atomic E-state index is -0.683. The van der Waals surface area contributed by atoms with Gasteiger partial charge in [-0.05, 0) is 18.6 Å². The highest BCUT2D eigenvalue weighted by molar-refractivity contribution is 6.30. The van der Waals surface area contributed by atoms with Crippen molar-refractivity contribution in [1.82, 2.24) is 10.6 Å². The second-order valence-corrected chi connectivity index (χ2v) is 6.93. The molecule has 2 aromatic carbocycles. The summed E-state index contributed by atoms with van der Waals surface area (Å²) in [6.07, 6.45) is 0. The van der Waals surface area contributed by atoms with E-state index in [2.05, 4.69) is 17.2 Å². The molecule has 0 unspecified atom stereocenters. The number of carbonyl (C=O) groups excluding carboxylic acids is 2. The first-order valence-corrected chi connectivity index (χ1v) is 9.09. The van der Waals surface area contributed by atoms with Crippen molar-refractivity contribution in [2.75, 3.05) is 7.11 Å². The van der Waals surface area contributed by atoms with E-state index in [9.17, 15) is 9.59 Å². The van der Waals surface area contributed by atoms with Gasteiger partial charge in [-0.2, -0.15) is 0 Å². The number of benzene rings is 2. The van der Waals surface area contributed by atoms with E-state index in [-0.39, 0.29) is 12.4 Å². The fourth-order valence-corrected chi connectivity index (χ4v) is 3.50. The van der Waals surface area contributed by atoms with Crippen LogP contribution in [0.15, 0.2) is 54.7 Å². The van der Waals surface area contributed by atoms with Crippen LogP contribution in [0.4, 0.5) is 4.79 Å². The average Bonchev–Trinajstić information content (AvgIpc) is 2.66. The van der Waals surface area contributed by atoms with Crippen LogP contribution in [-0.4, -0.2) is 18.9 Å². The van der Waals surface area contributed by atoms with Gasteiger partial charge in [-0.25, -0.2) is 4.79 Å². The number of ketones is 1. The summed E-state index contributed by atoms with van der Waals surface area (Å²) in [4.78, 5) is 24.3. The number of halogens is 1. The van der Waals surface area contributed by atoms with E-state index in [1.165, 1.54) is 14.0 Å². The maximum absolute atomic E-state index is 12.3. The molecular formula is C21H21ClN2O4. The zero-order valence-electron chi connectivity index (χ0n) is 15.6. The van der Waals surface area contributed by atoms with Crippen LogP contribution in [0.1, 0.15) is 24.1 Å². The summed E-state index contributed by atoms with van der Waals surface area (Å²) in [6, 6.07) is 11.8. The van der Waals surface area contributed by atoms with Crippen LogP contribution in [0.3, 0.4) is 0 Å². The SMILES string of the molecule is C=C1NC(=O)N[C@@H](c2cc(Cl)cc(OC)c2OCc2ccccc2)[C@H]1C(C)=O. The molecule has 7 heteroatoms. The number of nitrogens with one attached hydrogen (secondary N) is 2. The first-order valence-electron chi connectivity index (χ1n) is 8.71. The van der Waals surface area contributed by atoms with Crippen LogP contribution >= 0.6 is 11.6 Å². The first kappa shape index (κ1) is 19.8. The Morgan fingerprint density at radius 3 is 2.61 bits per heavy atom. The van der Waals surface area contributed by atoms with E-state index in [0.29, 0.717) is 27.8 Å². The Balaban J connectivity index is 2.05. The molecule has 2 atom stereocenters. The molecule has 2 aromatic rings. The fourth-order valence-electron chi connectivity index (χ4n) is 3.28. The molecule has 0 radical (unpaired) electrons. The van der Waals surface area contributed by atoms with Gasteiger partial charge in [-0.15, -0.1) is 0 Å². The van der Waals surface area contributed by atoms with Crippen molar-refractivity contribution in [3.05, 3.63) is 70.9 Å². The zero-order chi connectivity index (χ0) is 20.3. The number of methoxy groups -OCH3 is 1. The van der Waals surface area contributed by atoms with Crippen molar-refractivity contribution in [3.63, 3.8) is 0 Å². The van der Waals surface area contributed by atoms with Crippen LogP contribution in [-0.2, 0) is 11.4 Å². The van der Waals surface area contributed by atoms with E-state index < -0.39 is 18.0 Å². The van der Waals surface area contributed by atoms with E-state index in [1.54, 1.807) is 12.1 Å². The third-order valence-corrected chi connectivity index (χ3v) is 4.75. The molecule has 6 nitrogen and oxygen atoms in total. The van der Waals surface area contributed by atoms with E-state index in [1.807, 2.05) is 30.3 Å². The summed E-state index contributed by atoms with van der Waals surface area (Å²) in [5, 5.41) is 5.75. The lowest BCUT2D eigenvalue weighted by molar-refractivity contribution is -0.120. The maximum Gasteiger partial charge on any atom is 0.319 e. The molecular weight excluding hydrogens is 380 g/mol. The molecule has 1 fully saturated rings. The van der Waals surface area contributed by atoms with Gasteiger partial charge in [0.15, 0.2) is 11.5 Å². The van der Waals surface area contributed by atoms with Crippen molar-refractivity contribution in [3.8, 4) is 11.5 Å². The minimum absolute atomic E-state index is 0.143. The van der Waals surface area contributed by atoms with Gasteiger partial charge in [0.1, 0.15) is 12.4 Å². The lowest BCUT2D eigenvalue weighted by atomic mass is 9.85. The zero-order valence-corrected chi connectivity index (χ0v) is 16.4. The molecule has 1 aliphatic heterocycles. The minimum Gasteiger partial charge on any atom is -0.493 e. The lowest BCUT2D eigenvalue weighted by Gasteiger charge is -2.34. The molecule has 1 heterocycles. The molecule has 28 heavy (non-hydrogen) atoms. The summed E-state index contributed by atoms with van der Waals surface area (Å²) in [6.45, 7) is 5.57. The third kappa shape index (κ3) is 4.12. The summed E-state index contributed by atoms with van der Waals surface area (Å²) >= 11 is 6.27.